The maximum atomic E-state index is 12.9. The van der Waals surface area contributed by atoms with E-state index in [-0.39, 0.29) is 17.2 Å². The van der Waals surface area contributed by atoms with Gasteiger partial charge in [-0.25, -0.2) is 4.39 Å². The monoisotopic (exact) mass is 308 g/mol. The van der Waals surface area contributed by atoms with E-state index in [0.29, 0.717) is 5.69 Å². The Bertz CT molecular complexity index is 601. The van der Waals surface area contributed by atoms with Crippen LogP contribution in [0.5, 0.6) is 0 Å². The van der Waals surface area contributed by atoms with Crippen molar-refractivity contribution in [1.29, 1.82) is 0 Å². The van der Waals surface area contributed by atoms with Gasteiger partial charge in [0.25, 0.3) is 5.91 Å². The van der Waals surface area contributed by atoms with Crippen LogP contribution in [0.25, 0.3) is 0 Å². The molecule has 0 spiro atoms. The molecule has 0 unspecified atom stereocenters. The third-order valence-corrected chi connectivity index (χ3v) is 2.83. The predicted octanol–water partition coefficient (Wildman–Crippen LogP) is 3.42. The van der Waals surface area contributed by atoms with Gasteiger partial charge < -0.3 is 11.1 Å². The molecule has 18 heavy (non-hydrogen) atoms. The van der Waals surface area contributed by atoms with Crippen LogP contribution in [0, 0.1) is 5.82 Å². The Labute approximate surface area is 112 Å². The van der Waals surface area contributed by atoms with Crippen molar-refractivity contribution in [3.63, 3.8) is 0 Å². The standard InChI is InChI=1S/C13H10BrFN2O/c14-8-2-1-3-10(6-8)17-13(18)11-5-4-9(15)7-12(11)16/h1-7H,16H2,(H,17,18). The first-order valence-corrected chi connectivity index (χ1v) is 5.97. The number of carbonyl (C=O) groups excluding carboxylic acids is 1. The molecule has 0 aliphatic heterocycles. The highest BCUT2D eigenvalue weighted by atomic mass is 79.9. The fourth-order valence-electron chi connectivity index (χ4n) is 1.51. The van der Waals surface area contributed by atoms with Gasteiger partial charge in [0.15, 0.2) is 0 Å². The molecule has 1 amide bonds. The molecule has 0 saturated heterocycles. The van der Waals surface area contributed by atoms with Gasteiger partial charge in [0.1, 0.15) is 5.82 Å². The maximum absolute atomic E-state index is 12.9. The minimum Gasteiger partial charge on any atom is -0.398 e. The molecule has 5 heteroatoms. The number of carbonyl (C=O) groups is 1. The molecule has 0 aliphatic rings. The fraction of sp³-hybridized carbons (Fsp3) is 0. The SMILES string of the molecule is Nc1cc(F)ccc1C(=O)Nc1cccc(Br)c1. The number of anilines is 2. The van der Waals surface area contributed by atoms with E-state index < -0.39 is 5.82 Å². The summed E-state index contributed by atoms with van der Waals surface area (Å²) in [6, 6.07) is 10.8. The van der Waals surface area contributed by atoms with Crippen molar-refractivity contribution in [3.05, 3.63) is 58.3 Å². The number of nitrogens with one attached hydrogen (secondary N) is 1. The summed E-state index contributed by atoms with van der Waals surface area (Å²) in [6.45, 7) is 0. The van der Waals surface area contributed by atoms with Crippen molar-refractivity contribution in [1.82, 2.24) is 0 Å². The van der Waals surface area contributed by atoms with Crippen LogP contribution in [-0.4, -0.2) is 5.91 Å². The van der Waals surface area contributed by atoms with E-state index in [2.05, 4.69) is 21.2 Å². The first kappa shape index (κ1) is 12.6. The largest absolute Gasteiger partial charge is 0.398 e. The number of rotatable bonds is 2. The number of benzene rings is 2. The summed E-state index contributed by atoms with van der Waals surface area (Å²) in [5, 5.41) is 2.69. The van der Waals surface area contributed by atoms with E-state index in [1.165, 1.54) is 12.1 Å². The van der Waals surface area contributed by atoms with Crippen molar-refractivity contribution in [2.45, 2.75) is 0 Å². The van der Waals surface area contributed by atoms with Crippen LogP contribution in [0.1, 0.15) is 10.4 Å². The van der Waals surface area contributed by atoms with Crippen LogP contribution in [0.2, 0.25) is 0 Å². The highest BCUT2D eigenvalue weighted by molar-refractivity contribution is 9.10. The van der Waals surface area contributed by atoms with Crippen LogP contribution in [-0.2, 0) is 0 Å². The minimum absolute atomic E-state index is 0.113. The summed E-state index contributed by atoms with van der Waals surface area (Å²) < 4.78 is 13.7. The summed E-state index contributed by atoms with van der Waals surface area (Å²) >= 11 is 3.31. The topological polar surface area (TPSA) is 55.1 Å². The Morgan fingerprint density at radius 2 is 2.00 bits per heavy atom. The third-order valence-electron chi connectivity index (χ3n) is 2.34. The van der Waals surface area contributed by atoms with Gasteiger partial charge in [0.2, 0.25) is 0 Å². The number of amides is 1. The fourth-order valence-corrected chi connectivity index (χ4v) is 1.90. The van der Waals surface area contributed by atoms with Crippen molar-refractivity contribution in [2.75, 3.05) is 11.1 Å². The molecule has 2 aromatic carbocycles. The number of hydrogen-bond acceptors (Lipinski definition) is 2. The summed E-state index contributed by atoms with van der Waals surface area (Å²) in [4.78, 5) is 11.9. The van der Waals surface area contributed by atoms with Crippen molar-refractivity contribution in [2.24, 2.45) is 0 Å². The van der Waals surface area contributed by atoms with Gasteiger partial charge in [0.05, 0.1) is 5.56 Å². The summed E-state index contributed by atoms with van der Waals surface area (Å²) in [7, 11) is 0. The third kappa shape index (κ3) is 2.87. The number of halogens is 2. The van der Waals surface area contributed by atoms with Gasteiger partial charge in [-0.2, -0.15) is 0 Å². The second-order valence-corrected chi connectivity index (χ2v) is 4.61. The van der Waals surface area contributed by atoms with Gasteiger partial charge in [-0.1, -0.05) is 22.0 Å². The highest BCUT2D eigenvalue weighted by Crippen LogP contribution is 2.18. The Morgan fingerprint density at radius 3 is 2.67 bits per heavy atom. The Hall–Kier alpha value is -1.88. The lowest BCUT2D eigenvalue weighted by Crippen LogP contribution is -2.14. The Kier molecular flexibility index (Phi) is 3.62. The Balaban J connectivity index is 2.22. The lowest BCUT2D eigenvalue weighted by Gasteiger charge is -2.07. The number of nitrogen functional groups attached to an aromatic ring is 1. The van der Waals surface area contributed by atoms with E-state index in [1.807, 2.05) is 6.07 Å². The quantitative estimate of drug-likeness (QED) is 0.835. The normalized spacial score (nSPS) is 10.1. The molecular formula is C13H10BrFN2O. The zero-order valence-corrected chi connectivity index (χ0v) is 10.9. The van der Waals surface area contributed by atoms with E-state index in [0.717, 1.165) is 10.5 Å². The summed E-state index contributed by atoms with van der Waals surface area (Å²) in [6.07, 6.45) is 0. The molecule has 0 atom stereocenters. The molecular weight excluding hydrogens is 299 g/mol. The zero-order valence-electron chi connectivity index (χ0n) is 9.28. The molecule has 0 saturated carbocycles. The number of hydrogen-bond donors (Lipinski definition) is 2. The lowest BCUT2D eigenvalue weighted by molar-refractivity contribution is 0.102. The van der Waals surface area contributed by atoms with Crippen molar-refractivity contribution in [3.8, 4) is 0 Å². The van der Waals surface area contributed by atoms with Gasteiger partial charge in [-0.15, -0.1) is 0 Å². The minimum atomic E-state index is -0.466. The molecule has 0 heterocycles. The van der Waals surface area contributed by atoms with E-state index in [9.17, 15) is 9.18 Å². The van der Waals surface area contributed by atoms with Gasteiger partial charge in [0, 0.05) is 15.8 Å². The van der Waals surface area contributed by atoms with E-state index >= 15 is 0 Å². The smallest absolute Gasteiger partial charge is 0.257 e. The van der Waals surface area contributed by atoms with E-state index in [1.54, 1.807) is 18.2 Å². The zero-order chi connectivity index (χ0) is 13.1. The average Bonchev–Trinajstić information content (AvgIpc) is 2.28. The maximum Gasteiger partial charge on any atom is 0.257 e. The second kappa shape index (κ2) is 5.18. The molecule has 0 radical (unpaired) electrons. The second-order valence-electron chi connectivity index (χ2n) is 3.70. The predicted molar refractivity (Wildman–Crippen MR) is 72.9 cm³/mol. The Morgan fingerprint density at radius 1 is 1.22 bits per heavy atom. The first-order valence-electron chi connectivity index (χ1n) is 5.18. The molecule has 0 aromatic heterocycles. The molecule has 3 N–H and O–H groups in total. The van der Waals surface area contributed by atoms with Crippen LogP contribution in [0.4, 0.5) is 15.8 Å². The van der Waals surface area contributed by atoms with E-state index in [4.69, 9.17) is 5.73 Å². The highest BCUT2D eigenvalue weighted by Gasteiger charge is 2.10. The van der Waals surface area contributed by atoms with Crippen LogP contribution in [0.3, 0.4) is 0 Å². The molecule has 0 fully saturated rings. The van der Waals surface area contributed by atoms with Gasteiger partial charge in [-0.3, -0.25) is 4.79 Å². The summed E-state index contributed by atoms with van der Waals surface area (Å²) in [5.41, 5.74) is 6.59. The molecule has 0 bridgehead atoms. The molecule has 2 rings (SSSR count). The van der Waals surface area contributed by atoms with Crippen LogP contribution >= 0.6 is 15.9 Å². The summed E-state index contributed by atoms with van der Waals surface area (Å²) in [5.74, 6) is -0.836. The molecule has 0 aliphatic carbocycles. The van der Waals surface area contributed by atoms with Gasteiger partial charge in [-0.05, 0) is 36.4 Å². The van der Waals surface area contributed by atoms with Crippen LogP contribution in [0.15, 0.2) is 46.9 Å². The van der Waals surface area contributed by atoms with Crippen molar-refractivity contribution < 1.29 is 9.18 Å². The molecule has 2 aromatic rings. The van der Waals surface area contributed by atoms with Crippen LogP contribution < -0.4 is 11.1 Å². The lowest BCUT2D eigenvalue weighted by atomic mass is 10.1. The average molecular weight is 309 g/mol. The van der Waals surface area contributed by atoms with Crippen molar-refractivity contribution >= 4 is 33.2 Å². The molecule has 3 nitrogen and oxygen atoms in total. The number of nitrogens with two attached hydrogens (primary N) is 1. The molecule has 92 valence electrons. The first-order chi connectivity index (χ1) is 8.56. The van der Waals surface area contributed by atoms with Gasteiger partial charge >= 0.3 is 0 Å².